The number of nitrogens with one attached hydrogen (secondary N) is 4. The molecule has 2 saturated carbocycles. The van der Waals surface area contributed by atoms with Gasteiger partial charge in [-0.3, -0.25) is 15.0 Å². The van der Waals surface area contributed by atoms with Gasteiger partial charge in [-0.15, -0.1) is 0 Å². The molecule has 0 spiro atoms. The molecule has 6 heterocycles. The fourth-order valence-corrected chi connectivity index (χ4v) is 27.0. The van der Waals surface area contributed by atoms with Crippen molar-refractivity contribution in [1.29, 1.82) is 0 Å². The number of benzene rings is 2. The van der Waals surface area contributed by atoms with Gasteiger partial charge in [-0.25, -0.2) is 23.1 Å². The molecule has 2 aliphatic rings. The van der Waals surface area contributed by atoms with Crippen molar-refractivity contribution in [2.75, 3.05) is 10.6 Å². The van der Waals surface area contributed by atoms with Crippen LogP contribution in [0.3, 0.4) is 0 Å². The van der Waals surface area contributed by atoms with Crippen LogP contribution in [0.15, 0.2) is 53.3 Å². The fourth-order valence-electron chi connectivity index (χ4n) is 8.87. The standard InChI is InChI=1S/C19H15F2N5OS.C10H7FN3OS.C9H8BrFN2.3C4H9.C2H6.Sn/c1-2-8-12(21)6-15-10(7-22-26-15)16(8)13-3-4-14-18(23-13)28-19(24-14)25-17(27)9-5-11(9)20;11-6-4-5(6)8(15)14-10-13-7-2-1-3-12-9(7)16-10;1-2-5-7(11)3-8-6(9(5)10)4-12-13-8;3*1-3-4-2;1-2;/h3-4,6-7,9,11H,2,5H2,1H3,(H,22,26)(H,24,25,27);1-2,5-6H,4H2,(H,13,14,15);3-4H,2H2,1H3,(H,12,13);3*1,3-4H2,2H3;1-2H3;/t9-,11+;5-,6+;;;;;;/m11....../s1. The summed E-state index contributed by atoms with van der Waals surface area (Å²) in [5.74, 6) is -2.18. The molecule has 8 aromatic rings. The molecule has 2 fully saturated rings. The van der Waals surface area contributed by atoms with Crippen molar-refractivity contribution in [2.45, 2.75) is 138 Å². The van der Waals surface area contributed by atoms with E-state index in [4.69, 9.17) is 4.98 Å². The zero-order valence-electron chi connectivity index (χ0n) is 41.8. The number of halogens is 5. The second kappa shape index (κ2) is 25.1. The number of rotatable bonds is 17. The number of hydrogen-bond donors (Lipinski definition) is 4. The molecule has 10 rings (SSSR count). The Hall–Kier alpha value is -4.60. The van der Waals surface area contributed by atoms with E-state index < -0.39 is 42.6 Å². The molecule has 0 radical (unpaired) electrons. The number of hydrogen-bond acceptors (Lipinski definition) is 10. The first-order valence-corrected chi connectivity index (χ1v) is 35.1. The van der Waals surface area contributed by atoms with E-state index in [0.29, 0.717) is 67.8 Å². The van der Waals surface area contributed by atoms with Gasteiger partial charge in [-0.1, -0.05) is 39.0 Å². The molecule has 4 N–H and O–H groups in total. The van der Waals surface area contributed by atoms with Crippen molar-refractivity contribution in [2.24, 2.45) is 11.8 Å². The van der Waals surface area contributed by atoms with Crippen molar-refractivity contribution in [3.05, 3.63) is 76.0 Å². The molecular weight excluding hydrogens is 1140 g/mol. The molecule has 12 nitrogen and oxygen atoms in total. The molecule has 0 bridgehead atoms. The van der Waals surface area contributed by atoms with Gasteiger partial charge < -0.3 is 5.32 Å². The van der Waals surface area contributed by atoms with E-state index in [-0.39, 0.29) is 29.9 Å². The summed E-state index contributed by atoms with van der Waals surface area (Å²) in [6.45, 7) is 14.7. The van der Waals surface area contributed by atoms with Crippen molar-refractivity contribution in [1.82, 2.24) is 40.3 Å². The van der Waals surface area contributed by atoms with E-state index >= 15 is 0 Å². The maximum Gasteiger partial charge on any atom is 0.232 e. The topological polar surface area (TPSA) is 167 Å². The molecule has 384 valence electrons. The molecule has 0 aliphatic heterocycles. The van der Waals surface area contributed by atoms with Crippen LogP contribution in [0.5, 0.6) is 0 Å². The first kappa shape index (κ1) is 55.2. The number of alkyl halides is 2. The summed E-state index contributed by atoms with van der Waals surface area (Å²) in [6.07, 6.45) is 10.7. The number of pyridine rings is 2. The second-order valence-corrected chi connectivity index (χ2v) is 33.9. The molecule has 72 heavy (non-hydrogen) atoms. The molecule has 6 aromatic heterocycles. The Morgan fingerprint density at radius 1 is 0.681 bits per heavy atom. The van der Waals surface area contributed by atoms with Crippen LogP contribution in [0, 0.1) is 23.5 Å². The monoisotopic (exact) mass is 1200 g/mol. The fraction of sp³-hybridized carbons (Fsp3) is 0.462. The Bertz CT molecular complexity index is 3120. The number of unbranched alkanes of at least 4 members (excludes halogenated alkanes) is 3. The molecule has 0 unspecified atom stereocenters. The van der Waals surface area contributed by atoms with E-state index in [1.165, 1.54) is 90.4 Å². The van der Waals surface area contributed by atoms with Gasteiger partial charge in [-0.05, 0) is 65.0 Å². The largest absolute Gasteiger partial charge is 0.302 e. The molecule has 2 aromatic carbocycles. The smallest absolute Gasteiger partial charge is 0.232 e. The van der Waals surface area contributed by atoms with Crippen molar-refractivity contribution < 1.29 is 27.2 Å². The van der Waals surface area contributed by atoms with Crippen LogP contribution >= 0.6 is 38.6 Å². The van der Waals surface area contributed by atoms with Crippen LogP contribution in [-0.2, 0) is 22.4 Å². The molecule has 0 saturated heterocycles. The van der Waals surface area contributed by atoms with Crippen molar-refractivity contribution in [3.63, 3.8) is 0 Å². The minimum absolute atomic E-state index is 0.189. The maximum atomic E-state index is 14.6. The molecule has 2 amide bonds. The normalized spacial score (nSPS) is 16.9. The van der Waals surface area contributed by atoms with E-state index in [1.54, 1.807) is 24.5 Å². The van der Waals surface area contributed by atoms with Crippen LogP contribution in [-0.4, -0.2) is 82.9 Å². The quantitative estimate of drug-likeness (QED) is 0.0516. The van der Waals surface area contributed by atoms with Crippen LogP contribution in [0.2, 0.25) is 13.3 Å². The van der Waals surface area contributed by atoms with Crippen LogP contribution in [0.4, 0.5) is 27.8 Å². The van der Waals surface area contributed by atoms with Crippen LogP contribution in [0.1, 0.15) is 111 Å². The van der Waals surface area contributed by atoms with Gasteiger partial charge in [-0.2, -0.15) is 10.2 Å². The minimum atomic E-state index is -2.57. The Kier molecular flexibility index (Phi) is 19.2. The number of aromatic amines is 2. The number of thiazole rings is 2. The van der Waals surface area contributed by atoms with Gasteiger partial charge in [0.15, 0.2) is 5.13 Å². The number of carbonyl (C=O) groups is 2. The number of nitrogens with zero attached hydrogens (tertiary/aromatic N) is 6. The third kappa shape index (κ3) is 12.7. The third-order valence-corrected chi connectivity index (χ3v) is 30.9. The van der Waals surface area contributed by atoms with Crippen LogP contribution in [0.25, 0.3) is 53.8 Å². The predicted molar refractivity (Wildman–Crippen MR) is 292 cm³/mol. The molecular formula is C52H63BrF4N10O2S2Sn. The Morgan fingerprint density at radius 2 is 1.14 bits per heavy atom. The first-order chi connectivity index (χ1) is 34.8. The first-order valence-electron chi connectivity index (χ1n) is 25.2. The van der Waals surface area contributed by atoms with E-state index in [2.05, 4.69) is 94.8 Å². The maximum absolute atomic E-state index is 14.6. The van der Waals surface area contributed by atoms with Gasteiger partial charge in [0.1, 0.15) is 28.2 Å². The van der Waals surface area contributed by atoms with Gasteiger partial charge in [0.25, 0.3) is 0 Å². The van der Waals surface area contributed by atoms with Gasteiger partial charge in [0.05, 0.1) is 35.0 Å². The third-order valence-electron chi connectivity index (χ3n) is 13.1. The van der Waals surface area contributed by atoms with E-state index in [0.717, 1.165) is 31.1 Å². The molecule has 4 atom stereocenters. The van der Waals surface area contributed by atoms with E-state index in [9.17, 15) is 27.2 Å². The SMILES string of the molecule is CC.CCC[CH2][Sn]([CH2]CCC)([CH2]CCC)[c]1ccc2nc(NC(=O)[C@@H]3C[C@@H]3F)sc2n1.CCc1c(F)cc2[nH]ncc2c1-c1ccc2nc(NC(=O)[C@@H]3C[C@@H]3F)sc2n1.CCc1c(F)cc2[nH]ncc2c1Br. The Morgan fingerprint density at radius 3 is 1.62 bits per heavy atom. The van der Waals surface area contributed by atoms with Gasteiger partial charge in [0.2, 0.25) is 5.91 Å². The van der Waals surface area contributed by atoms with Gasteiger partial charge >= 0.3 is 183 Å². The van der Waals surface area contributed by atoms with Crippen LogP contribution < -0.4 is 14.3 Å². The number of anilines is 2. The van der Waals surface area contributed by atoms with Crippen molar-refractivity contribution >= 4 is 125 Å². The van der Waals surface area contributed by atoms with Gasteiger partial charge in [0, 0.05) is 26.4 Å². The van der Waals surface area contributed by atoms with Crippen molar-refractivity contribution in [3.8, 4) is 11.3 Å². The zero-order chi connectivity index (χ0) is 51.7. The Labute approximate surface area is 437 Å². The minimum Gasteiger partial charge on any atom is -0.302 e. The van der Waals surface area contributed by atoms with E-state index in [1.807, 2.05) is 27.7 Å². The summed E-state index contributed by atoms with van der Waals surface area (Å²) < 4.78 is 60.5. The summed E-state index contributed by atoms with van der Waals surface area (Å²) >= 11 is 3.44. The number of carbonyl (C=O) groups excluding carboxylic acids is 2. The summed E-state index contributed by atoms with van der Waals surface area (Å²) in [5, 5.41) is 21.5. The average Bonchev–Trinajstić information content (AvgIpc) is 3.88. The summed E-state index contributed by atoms with van der Waals surface area (Å²) in [5.41, 5.74) is 5.37. The predicted octanol–water partition coefficient (Wildman–Crippen LogP) is 14.3. The number of amides is 2. The second-order valence-electron chi connectivity index (χ2n) is 18.1. The molecule has 2 aliphatic carbocycles. The average molecular weight is 1200 g/mol. The number of H-pyrrole nitrogens is 2. The Balaban J connectivity index is 0.000000166. The number of fused-ring (bicyclic) bond motifs is 4. The zero-order valence-corrected chi connectivity index (χ0v) is 47.9. The number of aromatic nitrogens is 8. The summed E-state index contributed by atoms with van der Waals surface area (Å²) in [6, 6.07) is 10.8. The summed E-state index contributed by atoms with van der Waals surface area (Å²) in [7, 11) is 0. The molecule has 20 heteroatoms. The summed E-state index contributed by atoms with van der Waals surface area (Å²) in [4.78, 5) is 44.2.